The number of fused-ring (bicyclic) bond motifs is 3. The fourth-order valence-electron chi connectivity index (χ4n) is 6.81. The molecule has 3 atom stereocenters. The molecule has 5 rings (SSSR count). The van der Waals surface area contributed by atoms with E-state index in [1.54, 1.807) is 0 Å². The van der Waals surface area contributed by atoms with Crippen LogP contribution in [0.2, 0.25) is 0 Å². The fourth-order valence-corrected chi connectivity index (χ4v) is 9.18. The number of hydrogen-bond acceptors (Lipinski definition) is 4. The highest BCUT2D eigenvalue weighted by molar-refractivity contribution is 7.92. The minimum Gasteiger partial charge on any atom is -0.481 e. The Kier molecular flexibility index (Phi) is 7.77. The van der Waals surface area contributed by atoms with E-state index in [1.807, 2.05) is 0 Å². The summed E-state index contributed by atoms with van der Waals surface area (Å²) in [4.78, 5) is 27.4. The summed E-state index contributed by atoms with van der Waals surface area (Å²) in [5.74, 6) is -2.69. The van der Waals surface area contributed by atoms with Gasteiger partial charge in [0, 0.05) is 24.9 Å². The third-order valence-corrected chi connectivity index (χ3v) is 11.6. The Morgan fingerprint density at radius 1 is 0.933 bits per heavy atom. The van der Waals surface area contributed by atoms with Gasteiger partial charge in [0.15, 0.2) is 9.84 Å². The van der Waals surface area contributed by atoms with Crippen LogP contribution in [0.15, 0.2) is 59.1 Å². The Hall–Kier alpha value is -3.69. The molecule has 3 aliphatic rings. The topological polar surface area (TPSA) is 95.0 Å². The van der Waals surface area contributed by atoms with Crippen LogP contribution in [0.1, 0.15) is 42.9 Å². The van der Waals surface area contributed by atoms with Crippen molar-refractivity contribution >= 4 is 21.8 Å². The lowest BCUT2D eigenvalue weighted by molar-refractivity contribution is -0.348. The number of aryl methyl sites for hydroxylation is 1. The highest BCUT2D eigenvalue weighted by Gasteiger charge is 2.74. The number of carbonyl (C=O) groups excluding carboxylic acids is 1. The van der Waals surface area contributed by atoms with Crippen molar-refractivity contribution in [3.05, 3.63) is 76.7 Å². The molecule has 2 amide bonds. The van der Waals surface area contributed by atoms with Crippen molar-refractivity contribution in [1.82, 2.24) is 9.80 Å². The van der Waals surface area contributed by atoms with Crippen molar-refractivity contribution in [1.29, 1.82) is 0 Å². The third kappa shape index (κ3) is 4.86. The highest BCUT2D eigenvalue weighted by Crippen LogP contribution is 2.56. The standard InChI is InChI=1S/C29H26F8N2O5S/c1-16-15-38(12-10-21(16)24(40)41)25(42)39-13-11-26(45(43,44)20-6-4-19(30)5-7-20)22-8-3-18(14-17(22)2-9-23(26)39)27(31,28(32,33)34)29(35,36)37/h3-8,14-15,21,23H,2,9-13H2,1H3,(H,40,41)/t21?,23-,26-/m1/s1. The molecule has 2 aromatic rings. The Balaban J connectivity index is 1.65. The third-order valence-electron chi connectivity index (χ3n) is 9.03. The van der Waals surface area contributed by atoms with Crippen molar-refractivity contribution in [2.75, 3.05) is 13.1 Å². The average Bonchev–Trinajstić information content (AvgIpc) is 3.36. The Labute approximate surface area is 252 Å². The van der Waals surface area contributed by atoms with E-state index in [0.29, 0.717) is 11.6 Å². The molecule has 2 heterocycles. The molecule has 16 heteroatoms. The van der Waals surface area contributed by atoms with Crippen molar-refractivity contribution in [2.45, 2.75) is 66.3 Å². The van der Waals surface area contributed by atoms with Gasteiger partial charge >= 0.3 is 30.0 Å². The highest BCUT2D eigenvalue weighted by atomic mass is 32.2. The van der Waals surface area contributed by atoms with Crippen LogP contribution in [0.25, 0.3) is 0 Å². The molecule has 1 N–H and O–H groups in total. The molecule has 2 aliphatic heterocycles. The first-order valence-electron chi connectivity index (χ1n) is 13.7. The molecule has 1 fully saturated rings. The number of sulfone groups is 1. The van der Waals surface area contributed by atoms with Crippen molar-refractivity contribution < 1.29 is 58.2 Å². The Morgan fingerprint density at radius 3 is 2.11 bits per heavy atom. The van der Waals surface area contributed by atoms with Gasteiger partial charge in [-0.05, 0) is 73.6 Å². The monoisotopic (exact) mass is 666 g/mol. The maximum Gasteiger partial charge on any atom is 0.435 e. The molecular weight excluding hydrogens is 640 g/mol. The van der Waals surface area contributed by atoms with Crippen molar-refractivity contribution in [3.8, 4) is 0 Å². The second-order valence-corrected chi connectivity index (χ2v) is 13.6. The van der Waals surface area contributed by atoms with Gasteiger partial charge in [-0.2, -0.15) is 26.3 Å². The summed E-state index contributed by atoms with van der Waals surface area (Å²) in [5.41, 5.74) is -7.58. The number of likely N-dealkylation sites (tertiary alicyclic amines) is 1. The van der Waals surface area contributed by atoms with Gasteiger partial charge in [0.25, 0.3) is 0 Å². The summed E-state index contributed by atoms with van der Waals surface area (Å²) >= 11 is 0. The number of benzene rings is 2. The minimum absolute atomic E-state index is 0.0124. The van der Waals surface area contributed by atoms with Gasteiger partial charge in [-0.25, -0.2) is 22.0 Å². The van der Waals surface area contributed by atoms with E-state index in [0.717, 1.165) is 30.3 Å². The largest absolute Gasteiger partial charge is 0.481 e. The minimum atomic E-state index is -6.38. The summed E-state index contributed by atoms with van der Waals surface area (Å²) in [5, 5.41) is 9.41. The molecule has 45 heavy (non-hydrogen) atoms. The summed E-state index contributed by atoms with van der Waals surface area (Å²) in [7, 11) is -4.63. The molecule has 1 saturated heterocycles. The molecule has 1 aliphatic carbocycles. The van der Waals surface area contributed by atoms with Crippen molar-refractivity contribution in [2.24, 2.45) is 5.92 Å². The number of nitrogens with zero attached hydrogens (tertiary/aromatic N) is 2. The first-order chi connectivity index (χ1) is 20.8. The second-order valence-electron chi connectivity index (χ2n) is 11.4. The van der Waals surface area contributed by atoms with E-state index in [2.05, 4.69) is 0 Å². The van der Waals surface area contributed by atoms with Crippen LogP contribution in [0.4, 0.5) is 39.9 Å². The zero-order valence-corrected chi connectivity index (χ0v) is 24.2. The van der Waals surface area contributed by atoms with E-state index in [9.17, 15) is 58.2 Å². The lowest BCUT2D eigenvalue weighted by atomic mass is 9.77. The zero-order valence-electron chi connectivity index (χ0n) is 23.4. The number of alkyl halides is 7. The smallest absolute Gasteiger partial charge is 0.435 e. The van der Waals surface area contributed by atoms with Crippen LogP contribution in [-0.2, 0) is 31.5 Å². The predicted octanol–water partition coefficient (Wildman–Crippen LogP) is 6.24. The number of rotatable bonds is 4. The normalized spacial score (nSPS) is 24.2. The van der Waals surface area contributed by atoms with Gasteiger partial charge in [0.2, 0.25) is 0 Å². The van der Waals surface area contributed by atoms with Gasteiger partial charge < -0.3 is 14.9 Å². The maximum atomic E-state index is 15.0. The van der Waals surface area contributed by atoms with Crippen LogP contribution in [0.5, 0.6) is 0 Å². The van der Waals surface area contributed by atoms with Gasteiger partial charge in [-0.3, -0.25) is 4.79 Å². The van der Waals surface area contributed by atoms with Crippen LogP contribution < -0.4 is 0 Å². The maximum absolute atomic E-state index is 15.0. The van der Waals surface area contributed by atoms with Gasteiger partial charge in [-0.1, -0.05) is 18.2 Å². The predicted molar refractivity (Wildman–Crippen MR) is 142 cm³/mol. The summed E-state index contributed by atoms with van der Waals surface area (Å²) in [6.07, 6.45) is -12.2. The van der Waals surface area contributed by atoms with Crippen molar-refractivity contribution in [3.63, 3.8) is 0 Å². The van der Waals surface area contributed by atoms with Crippen LogP contribution in [0, 0.1) is 11.7 Å². The lowest BCUT2D eigenvalue weighted by Crippen LogP contribution is -2.54. The molecular formula is C29H26F8N2O5S. The van der Waals surface area contributed by atoms with E-state index in [4.69, 9.17) is 0 Å². The number of amides is 2. The van der Waals surface area contributed by atoms with Gasteiger partial charge in [0.05, 0.1) is 16.9 Å². The SMILES string of the molecule is CC1=CN(C(=O)N2CC[C@@]3(S(=O)(=O)c4ccc(F)cc4)c4ccc(C(F)(C(F)(F)F)C(F)(F)F)cc4CC[C@@H]23)CCC1C(=O)O. The number of hydrogen-bond donors (Lipinski definition) is 1. The molecule has 0 bridgehead atoms. The van der Waals surface area contributed by atoms with Crippen LogP contribution in [0.3, 0.4) is 0 Å². The summed E-state index contributed by atoms with van der Waals surface area (Å²) < 4.78 is 137. The fraction of sp³-hybridized carbons (Fsp3) is 0.448. The number of carboxylic acids is 1. The molecule has 244 valence electrons. The van der Waals surface area contributed by atoms with Crippen LogP contribution in [-0.4, -0.2) is 66.8 Å². The van der Waals surface area contributed by atoms with Crippen LogP contribution >= 0.6 is 0 Å². The van der Waals surface area contributed by atoms with E-state index < -0.39 is 72.8 Å². The first kappa shape index (κ1) is 32.7. The molecule has 0 spiro atoms. The lowest BCUT2D eigenvalue weighted by Gasteiger charge is -2.44. The van der Waals surface area contributed by atoms with Gasteiger partial charge in [-0.15, -0.1) is 0 Å². The van der Waals surface area contributed by atoms with E-state index in [-0.39, 0.29) is 56.0 Å². The molecule has 7 nitrogen and oxygen atoms in total. The van der Waals surface area contributed by atoms with E-state index in [1.165, 1.54) is 22.9 Å². The Bertz CT molecular complexity index is 1660. The van der Waals surface area contributed by atoms with E-state index >= 15 is 0 Å². The molecule has 0 radical (unpaired) electrons. The average molecular weight is 667 g/mol. The second kappa shape index (κ2) is 10.7. The quantitative estimate of drug-likeness (QED) is 0.308. The number of urea groups is 1. The summed E-state index contributed by atoms with van der Waals surface area (Å²) in [6, 6.07) is 3.19. The molecule has 2 aromatic carbocycles. The zero-order chi connectivity index (χ0) is 33.3. The molecule has 0 aromatic heterocycles. The Morgan fingerprint density at radius 2 is 1.56 bits per heavy atom. The number of carboxylic acid groups (broad SMARTS) is 1. The summed E-state index contributed by atoms with van der Waals surface area (Å²) in [6.45, 7) is 1.31. The number of aliphatic carboxylic acids is 1. The molecule has 1 unspecified atom stereocenters. The molecule has 0 saturated carbocycles. The first-order valence-corrected chi connectivity index (χ1v) is 15.2. The number of carbonyl (C=O) groups is 2. The number of halogens is 8. The van der Waals surface area contributed by atoms with Gasteiger partial charge in [0.1, 0.15) is 10.6 Å².